The summed E-state index contributed by atoms with van der Waals surface area (Å²) in [6, 6.07) is 8.07. The third kappa shape index (κ3) is 3.13. The van der Waals surface area contributed by atoms with E-state index in [4.69, 9.17) is 11.6 Å². The van der Waals surface area contributed by atoms with Crippen molar-refractivity contribution in [1.82, 2.24) is 15.3 Å². The Balaban J connectivity index is 1.89. The Hall–Kier alpha value is -2.57. The number of hydrogen-bond acceptors (Lipinski definition) is 6. The molecule has 1 aromatic heterocycles. The van der Waals surface area contributed by atoms with E-state index in [1.165, 1.54) is 11.2 Å². The van der Waals surface area contributed by atoms with E-state index in [-0.39, 0.29) is 0 Å². The lowest BCUT2D eigenvalue weighted by molar-refractivity contribution is 0.402. The molecule has 0 amide bonds. The van der Waals surface area contributed by atoms with Crippen LogP contribution in [0.3, 0.4) is 0 Å². The smallest absolute Gasteiger partial charge is 0.130 e. The monoisotopic (exact) mass is 310 g/mol. The van der Waals surface area contributed by atoms with Crippen molar-refractivity contribution >= 4 is 22.3 Å². The zero-order valence-corrected chi connectivity index (χ0v) is 13.2. The van der Waals surface area contributed by atoms with E-state index in [2.05, 4.69) is 28.3 Å². The number of hydrazine groups is 1. The van der Waals surface area contributed by atoms with Crippen LogP contribution < -0.4 is 22.2 Å². The van der Waals surface area contributed by atoms with Gasteiger partial charge >= 0.3 is 0 Å². The zero-order valence-electron chi connectivity index (χ0n) is 13.2. The summed E-state index contributed by atoms with van der Waals surface area (Å²) in [5.74, 6) is 7.08. The van der Waals surface area contributed by atoms with Gasteiger partial charge in [-0.3, -0.25) is 0 Å². The molecule has 2 heterocycles. The fraction of sp³-hybridized carbons (Fsp3) is 0.235. The average molecular weight is 310 g/mol. The number of nitrogens with two attached hydrogens (primary N) is 2. The molecule has 2 aromatic rings. The molecule has 0 spiro atoms. The third-order valence-electron chi connectivity index (χ3n) is 4.12. The summed E-state index contributed by atoms with van der Waals surface area (Å²) in [4.78, 5) is 4.45. The highest BCUT2D eigenvalue weighted by Gasteiger charge is 2.20. The average Bonchev–Trinajstić information content (AvgIpc) is 2.45. The first kappa shape index (κ1) is 15.3. The predicted molar refractivity (Wildman–Crippen MR) is 95.0 cm³/mol. The fourth-order valence-corrected chi connectivity index (χ4v) is 2.59. The minimum absolute atomic E-state index is 0.469. The van der Waals surface area contributed by atoms with E-state index in [0.29, 0.717) is 5.92 Å². The summed E-state index contributed by atoms with van der Waals surface area (Å²) in [6.07, 6.45) is 3.36. The van der Waals surface area contributed by atoms with Gasteiger partial charge in [-0.2, -0.15) is 0 Å². The standard InChI is InChI=1S/C17H22N6/c1-11(15-8-20-9-15)22-17-6-14-5-12(16(7-18)23(2)19)3-4-13(14)10-21-17/h3-7,10,15,20H,1,8-9,18-19H2,2H3,(H,21,22)/b16-7-. The lowest BCUT2D eigenvalue weighted by Crippen LogP contribution is -2.44. The van der Waals surface area contributed by atoms with Crippen LogP contribution in [-0.4, -0.2) is 30.1 Å². The minimum Gasteiger partial charge on any atom is -0.403 e. The number of aromatic nitrogens is 1. The molecule has 0 saturated carbocycles. The molecule has 0 atom stereocenters. The Morgan fingerprint density at radius 2 is 2.17 bits per heavy atom. The quantitative estimate of drug-likeness (QED) is 0.493. The largest absolute Gasteiger partial charge is 0.403 e. The van der Waals surface area contributed by atoms with E-state index in [0.717, 1.165) is 46.6 Å². The van der Waals surface area contributed by atoms with Gasteiger partial charge in [-0.1, -0.05) is 18.7 Å². The van der Waals surface area contributed by atoms with Gasteiger partial charge in [0.1, 0.15) is 5.82 Å². The number of fused-ring (bicyclic) bond motifs is 1. The molecular formula is C17H22N6. The van der Waals surface area contributed by atoms with Crippen molar-refractivity contribution in [2.45, 2.75) is 0 Å². The van der Waals surface area contributed by atoms with Gasteiger partial charge in [0, 0.05) is 55.1 Å². The Labute approximate surface area is 135 Å². The molecule has 1 aliphatic heterocycles. The summed E-state index contributed by atoms with van der Waals surface area (Å²) >= 11 is 0. The lowest BCUT2D eigenvalue weighted by atomic mass is 10.00. The zero-order chi connectivity index (χ0) is 16.4. The fourth-order valence-electron chi connectivity index (χ4n) is 2.59. The SMILES string of the molecule is C=C(Nc1cc2cc(/C(=C/N)N(C)N)ccc2cn1)C1CNC1. The lowest BCUT2D eigenvalue weighted by Gasteiger charge is -2.29. The van der Waals surface area contributed by atoms with Crippen LogP contribution in [0.25, 0.3) is 16.5 Å². The topological polar surface area (TPSA) is 92.2 Å². The number of pyridine rings is 1. The number of nitrogens with zero attached hydrogens (tertiary/aromatic N) is 2. The van der Waals surface area contributed by atoms with Crippen LogP contribution in [0.5, 0.6) is 0 Å². The summed E-state index contributed by atoms with van der Waals surface area (Å²) < 4.78 is 0. The molecule has 0 unspecified atom stereocenters. The second-order valence-corrected chi connectivity index (χ2v) is 5.80. The maximum absolute atomic E-state index is 5.82. The number of nitrogens with one attached hydrogen (secondary N) is 2. The van der Waals surface area contributed by atoms with Crippen molar-refractivity contribution in [3.8, 4) is 0 Å². The van der Waals surface area contributed by atoms with E-state index in [1.54, 1.807) is 7.05 Å². The van der Waals surface area contributed by atoms with Crippen molar-refractivity contribution in [2.75, 3.05) is 25.5 Å². The highest BCUT2D eigenvalue weighted by atomic mass is 15.4. The van der Waals surface area contributed by atoms with Crippen LogP contribution in [0.15, 0.2) is 48.9 Å². The van der Waals surface area contributed by atoms with Gasteiger partial charge in [-0.25, -0.2) is 10.8 Å². The molecule has 1 aliphatic rings. The first-order chi connectivity index (χ1) is 11.1. The summed E-state index contributed by atoms with van der Waals surface area (Å²) in [5.41, 5.74) is 8.40. The van der Waals surface area contributed by atoms with Crippen LogP contribution in [-0.2, 0) is 0 Å². The summed E-state index contributed by atoms with van der Waals surface area (Å²) in [7, 11) is 1.76. The maximum Gasteiger partial charge on any atom is 0.130 e. The van der Waals surface area contributed by atoms with Crippen LogP contribution >= 0.6 is 0 Å². The van der Waals surface area contributed by atoms with Gasteiger partial charge in [-0.05, 0) is 17.5 Å². The molecule has 0 radical (unpaired) electrons. The van der Waals surface area contributed by atoms with Crippen molar-refractivity contribution in [3.63, 3.8) is 0 Å². The van der Waals surface area contributed by atoms with Crippen molar-refractivity contribution in [1.29, 1.82) is 0 Å². The van der Waals surface area contributed by atoms with Crippen LogP contribution in [0.4, 0.5) is 5.82 Å². The molecule has 0 aliphatic carbocycles. The Morgan fingerprint density at radius 1 is 1.39 bits per heavy atom. The number of hydrogen-bond donors (Lipinski definition) is 4. The first-order valence-corrected chi connectivity index (χ1v) is 7.55. The molecule has 6 heteroatoms. The second kappa shape index (κ2) is 6.28. The predicted octanol–water partition coefficient (Wildman–Crippen LogP) is 1.44. The van der Waals surface area contributed by atoms with E-state index in [1.807, 2.05) is 24.4 Å². The third-order valence-corrected chi connectivity index (χ3v) is 4.12. The number of rotatable bonds is 5. The van der Waals surface area contributed by atoms with Gasteiger partial charge in [0.05, 0.1) is 5.70 Å². The van der Waals surface area contributed by atoms with Crippen LogP contribution in [0.1, 0.15) is 5.56 Å². The molecular weight excluding hydrogens is 288 g/mol. The molecule has 6 N–H and O–H groups in total. The first-order valence-electron chi connectivity index (χ1n) is 7.55. The van der Waals surface area contributed by atoms with Gasteiger partial charge in [0.25, 0.3) is 0 Å². The van der Waals surface area contributed by atoms with Gasteiger partial charge < -0.3 is 21.4 Å². The molecule has 120 valence electrons. The van der Waals surface area contributed by atoms with Gasteiger partial charge in [-0.15, -0.1) is 0 Å². The van der Waals surface area contributed by atoms with Crippen molar-refractivity contribution in [2.24, 2.45) is 17.5 Å². The normalized spacial score (nSPS) is 15.3. The van der Waals surface area contributed by atoms with E-state index >= 15 is 0 Å². The second-order valence-electron chi connectivity index (χ2n) is 5.80. The molecule has 1 saturated heterocycles. The van der Waals surface area contributed by atoms with Gasteiger partial charge in [0.2, 0.25) is 0 Å². The Kier molecular flexibility index (Phi) is 4.18. The highest BCUT2D eigenvalue weighted by molar-refractivity contribution is 5.87. The van der Waals surface area contributed by atoms with Gasteiger partial charge in [0.15, 0.2) is 0 Å². The summed E-state index contributed by atoms with van der Waals surface area (Å²) in [5, 5.41) is 10.2. The number of anilines is 1. The Morgan fingerprint density at radius 3 is 2.78 bits per heavy atom. The number of benzene rings is 1. The summed E-state index contributed by atoms with van der Waals surface area (Å²) in [6.45, 7) is 6.03. The molecule has 23 heavy (non-hydrogen) atoms. The molecule has 1 fully saturated rings. The maximum atomic E-state index is 5.82. The molecule has 6 nitrogen and oxygen atoms in total. The molecule has 3 rings (SSSR count). The molecule has 0 bridgehead atoms. The Bertz CT molecular complexity index is 761. The molecule has 1 aromatic carbocycles. The highest BCUT2D eigenvalue weighted by Crippen LogP contribution is 2.24. The minimum atomic E-state index is 0.469. The van der Waals surface area contributed by atoms with Crippen molar-refractivity contribution < 1.29 is 0 Å². The van der Waals surface area contributed by atoms with Crippen LogP contribution in [0, 0.1) is 5.92 Å². The van der Waals surface area contributed by atoms with E-state index in [9.17, 15) is 0 Å². The van der Waals surface area contributed by atoms with Crippen LogP contribution in [0.2, 0.25) is 0 Å². The van der Waals surface area contributed by atoms with Crippen molar-refractivity contribution in [3.05, 3.63) is 54.5 Å². The van der Waals surface area contributed by atoms with E-state index < -0.39 is 0 Å².